The molecule has 0 bridgehead atoms. The van der Waals surface area contributed by atoms with Crippen molar-refractivity contribution in [3.63, 3.8) is 0 Å². The Hall–Kier alpha value is -0.620. The van der Waals surface area contributed by atoms with Crippen molar-refractivity contribution < 1.29 is 4.42 Å². The van der Waals surface area contributed by atoms with Crippen LogP contribution in [0.15, 0.2) is 16.5 Å². The average Bonchev–Trinajstić information content (AvgIpc) is 3.05. The molecule has 2 heterocycles. The summed E-state index contributed by atoms with van der Waals surface area (Å²) in [6, 6.07) is 3.78. The molecule has 0 radical (unpaired) electrons. The first-order valence-corrected chi connectivity index (χ1v) is 6.90. The minimum atomic E-state index is 0.520. The molecule has 3 rings (SSSR count). The van der Waals surface area contributed by atoms with Crippen LogP contribution in [0.5, 0.6) is 0 Å². The molecule has 17 heavy (non-hydrogen) atoms. The van der Waals surface area contributed by atoms with Gasteiger partial charge in [0.1, 0.15) is 10.9 Å². The van der Waals surface area contributed by atoms with Crippen LogP contribution in [0.25, 0.3) is 11.6 Å². The fourth-order valence-corrected chi connectivity index (χ4v) is 2.59. The van der Waals surface area contributed by atoms with E-state index < -0.39 is 0 Å². The van der Waals surface area contributed by atoms with Crippen LogP contribution >= 0.6 is 34.2 Å². The van der Waals surface area contributed by atoms with Gasteiger partial charge < -0.3 is 4.42 Å². The Morgan fingerprint density at radius 3 is 2.71 bits per heavy atom. The lowest BCUT2D eigenvalue weighted by atomic mass is 10.3. The van der Waals surface area contributed by atoms with Crippen LogP contribution in [0.2, 0.25) is 5.15 Å². The van der Waals surface area contributed by atoms with E-state index in [0.717, 1.165) is 15.0 Å². The SMILES string of the molecule is Cc1ccc(-c2nc(Cl)c(I)c(C3CC3)n2)o1. The van der Waals surface area contributed by atoms with E-state index in [9.17, 15) is 0 Å². The number of nitrogens with zero attached hydrogens (tertiary/aromatic N) is 2. The Morgan fingerprint density at radius 1 is 1.35 bits per heavy atom. The Labute approximate surface area is 118 Å². The first-order valence-electron chi connectivity index (χ1n) is 5.45. The molecule has 0 atom stereocenters. The van der Waals surface area contributed by atoms with Crippen LogP contribution in [0, 0.1) is 10.5 Å². The minimum absolute atomic E-state index is 0.520. The molecule has 2 aromatic rings. The van der Waals surface area contributed by atoms with Gasteiger partial charge in [0.25, 0.3) is 0 Å². The molecule has 0 N–H and O–H groups in total. The number of hydrogen-bond donors (Lipinski definition) is 0. The number of furan rings is 1. The first kappa shape index (κ1) is 11.5. The van der Waals surface area contributed by atoms with Crippen LogP contribution in [0.3, 0.4) is 0 Å². The summed E-state index contributed by atoms with van der Waals surface area (Å²) in [5, 5.41) is 0.520. The zero-order valence-electron chi connectivity index (χ0n) is 9.20. The molecular weight excluding hydrogens is 351 g/mol. The Morgan fingerprint density at radius 2 is 2.12 bits per heavy atom. The summed E-state index contributed by atoms with van der Waals surface area (Å²) in [6.45, 7) is 1.90. The molecule has 1 fully saturated rings. The monoisotopic (exact) mass is 360 g/mol. The van der Waals surface area contributed by atoms with E-state index >= 15 is 0 Å². The maximum Gasteiger partial charge on any atom is 0.197 e. The number of hydrogen-bond acceptors (Lipinski definition) is 3. The van der Waals surface area contributed by atoms with Crippen molar-refractivity contribution in [1.82, 2.24) is 9.97 Å². The summed E-state index contributed by atoms with van der Waals surface area (Å²) < 4.78 is 6.50. The highest BCUT2D eigenvalue weighted by Crippen LogP contribution is 2.42. The van der Waals surface area contributed by atoms with E-state index in [2.05, 4.69) is 32.6 Å². The number of aromatic nitrogens is 2. The predicted molar refractivity (Wildman–Crippen MR) is 74.2 cm³/mol. The van der Waals surface area contributed by atoms with Crippen molar-refractivity contribution in [2.45, 2.75) is 25.7 Å². The van der Waals surface area contributed by atoms with Gasteiger partial charge >= 0.3 is 0 Å². The van der Waals surface area contributed by atoms with Gasteiger partial charge in [0, 0.05) is 5.92 Å². The fourth-order valence-electron chi connectivity index (χ4n) is 1.73. The summed E-state index contributed by atoms with van der Waals surface area (Å²) in [5.41, 5.74) is 1.06. The van der Waals surface area contributed by atoms with Crippen LogP contribution in [0.1, 0.15) is 30.2 Å². The van der Waals surface area contributed by atoms with Crippen LogP contribution in [0.4, 0.5) is 0 Å². The van der Waals surface area contributed by atoms with Gasteiger partial charge in [-0.2, -0.15) is 0 Å². The second-order valence-electron chi connectivity index (χ2n) is 4.22. The van der Waals surface area contributed by atoms with E-state index in [1.165, 1.54) is 12.8 Å². The lowest BCUT2D eigenvalue weighted by molar-refractivity contribution is 0.543. The van der Waals surface area contributed by atoms with Crippen molar-refractivity contribution in [3.8, 4) is 11.6 Å². The zero-order valence-corrected chi connectivity index (χ0v) is 12.1. The molecule has 0 spiro atoms. The second-order valence-corrected chi connectivity index (χ2v) is 5.66. The standard InChI is InChI=1S/C12H10ClIN2O/c1-6-2-5-8(17-6)12-15-10(7-3-4-7)9(14)11(13)16-12/h2,5,7H,3-4H2,1H3. The second kappa shape index (κ2) is 4.24. The molecule has 0 aliphatic heterocycles. The van der Waals surface area contributed by atoms with Gasteiger partial charge in [-0.05, 0) is 54.5 Å². The fraction of sp³-hybridized carbons (Fsp3) is 0.333. The normalized spacial score (nSPS) is 15.2. The van der Waals surface area contributed by atoms with Crippen molar-refractivity contribution in [2.75, 3.05) is 0 Å². The highest BCUT2D eigenvalue weighted by Gasteiger charge is 2.29. The predicted octanol–water partition coefficient (Wildman–Crippen LogP) is 4.18. The van der Waals surface area contributed by atoms with Crippen molar-refractivity contribution in [3.05, 3.63) is 32.3 Å². The molecule has 1 saturated carbocycles. The third-order valence-electron chi connectivity index (χ3n) is 2.76. The molecule has 1 aliphatic rings. The molecule has 0 amide bonds. The largest absolute Gasteiger partial charge is 0.458 e. The maximum atomic E-state index is 6.15. The first-order chi connectivity index (χ1) is 8.15. The summed E-state index contributed by atoms with van der Waals surface area (Å²) in [5.74, 6) is 2.68. The summed E-state index contributed by atoms with van der Waals surface area (Å²) >= 11 is 8.36. The summed E-state index contributed by atoms with van der Waals surface area (Å²) in [7, 11) is 0. The van der Waals surface area contributed by atoms with E-state index in [-0.39, 0.29) is 0 Å². The Balaban J connectivity index is 2.11. The number of rotatable bonds is 2. The molecule has 2 aromatic heterocycles. The quantitative estimate of drug-likeness (QED) is 0.596. The molecule has 0 aromatic carbocycles. The van der Waals surface area contributed by atoms with Crippen molar-refractivity contribution in [2.24, 2.45) is 0 Å². The summed E-state index contributed by atoms with van der Waals surface area (Å²) in [6.07, 6.45) is 2.39. The van der Waals surface area contributed by atoms with E-state index in [1.807, 2.05) is 19.1 Å². The molecule has 5 heteroatoms. The van der Waals surface area contributed by atoms with Crippen LogP contribution < -0.4 is 0 Å². The van der Waals surface area contributed by atoms with Gasteiger partial charge in [-0.3, -0.25) is 0 Å². The lowest BCUT2D eigenvalue weighted by Gasteiger charge is -2.05. The van der Waals surface area contributed by atoms with Gasteiger partial charge in [-0.1, -0.05) is 11.6 Å². The zero-order chi connectivity index (χ0) is 12.0. The van der Waals surface area contributed by atoms with Gasteiger partial charge in [0.05, 0.1) is 9.26 Å². The van der Waals surface area contributed by atoms with E-state index in [0.29, 0.717) is 22.7 Å². The van der Waals surface area contributed by atoms with Gasteiger partial charge in [0.2, 0.25) is 0 Å². The number of aryl methyl sites for hydroxylation is 1. The third-order valence-corrected chi connectivity index (χ3v) is 4.42. The summed E-state index contributed by atoms with van der Waals surface area (Å²) in [4.78, 5) is 8.86. The molecule has 88 valence electrons. The Bertz CT molecular complexity index is 578. The van der Waals surface area contributed by atoms with E-state index in [4.69, 9.17) is 16.0 Å². The average molecular weight is 361 g/mol. The van der Waals surface area contributed by atoms with Gasteiger partial charge in [-0.15, -0.1) is 0 Å². The van der Waals surface area contributed by atoms with Gasteiger partial charge in [0.15, 0.2) is 11.6 Å². The molecular formula is C12H10ClIN2O. The maximum absolute atomic E-state index is 6.15. The molecule has 0 unspecified atom stereocenters. The molecule has 0 saturated heterocycles. The lowest BCUT2D eigenvalue weighted by Crippen LogP contribution is -1.98. The Kier molecular flexibility index (Phi) is 2.86. The highest BCUT2D eigenvalue weighted by atomic mass is 127. The van der Waals surface area contributed by atoms with Crippen LogP contribution in [-0.2, 0) is 0 Å². The van der Waals surface area contributed by atoms with Crippen LogP contribution in [-0.4, -0.2) is 9.97 Å². The minimum Gasteiger partial charge on any atom is -0.458 e. The topological polar surface area (TPSA) is 38.9 Å². The molecule has 1 aliphatic carbocycles. The van der Waals surface area contributed by atoms with Crippen molar-refractivity contribution in [1.29, 1.82) is 0 Å². The smallest absolute Gasteiger partial charge is 0.197 e. The van der Waals surface area contributed by atoms with Gasteiger partial charge in [-0.25, -0.2) is 9.97 Å². The van der Waals surface area contributed by atoms with Crippen molar-refractivity contribution >= 4 is 34.2 Å². The van der Waals surface area contributed by atoms with E-state index in [1.54, 1.807) is 0 Å². The molecule has 3 nitrogen and oxygen atoms in total. The third kappa shape index (κ3) is 2.20. The highest BCUT2D eigenvalue weighted by molar-refractivity contribution is 14.1. The number of halogens is 2.